The van der Waals surface area contributed by atoms with Crippen LogP contribution in [-0.4, -0.2) is 20.2 Å². The van der Waals surface area contributed by atoms with E-state index >= 15 is 0 Å². The van der Waals surface area contributed by atoms with E-state index in [1.54, 1.807) is 0 Å². The van der Waals surface area contributed by atoms with Crippen LogP contribution in [0.4, 0.5) is 32.1 Å². The Hall–Kier alpha value is -3.55. The van der Waals surface area contributed by atoms with Crippen molar-refractivity contribution >= 4 is 34.2 Å². The third kappa shape index (κ3) is 3.61. The Labute approximate surface area is 165 Å². The van der Waals surface area contributed by atoms with E-state index in [2.05, 4.69) is 30.8 Å². The van der Waals surface area contributed by atoms with Gasteiger partial charge in [0.25, 0.3) is 0 Å². The third-order valence-electron chi connectivity index (χ3n) is 4.89. The molecule has 2 aromatic carbocycles. The molecule has 146 valence electrons. The zero-order valence-electron chi connectivity index (χ0n) is 15.6. The second-order valence-electron chi connectivity index (χ2n) is 7.27. The van der Waals surface area contributed by atoms with E-state index in [1.165, 1.54) is 25.0 Å². The van der Waals surface area contributed by atoms with Crippen LogP contribution in [0.1, 0.15) is 30.0 Å². The Bertz CT molecular complexity index is 1220. The van der Waals surface area contributed by atoms with Crippen LogP contribution in [0.2, 0.25) is 0 Å². The van der Waals surface area contributed by atoms with E-state index in [-0.39, 0.29) is 11.6 Å². The first-order valence-electron chi connectivity index (χ1n) is 9.38. The number of H-pyrrole nitrogens is 1. The molecule has 0 amide bonds. The number of anilines is 4. The molecule has 1 aliphatic carbocycles. The van der Waals surface area contributed by atoms with Gasteiger partial charge in [-0.1, -0.05) is 6.07 Å². The molecule has 0 bridgehead atoms. The maximum Gasteiger partial charge on any atom is 0.229 e. The first-order valence-corrected chi connectivity index (χ1v) is 9.38. The SMILES string of the molecule is Cc1ccc2c(Nc3cc(C4CC4)[nH]n3)nc(Nc3ccc(F)cc3F)nc2c1. The van der Waals surface area contributed by atoms with Gasteiger partial charge >= 0.3 is 0 Å². The molecule has 6 nitrogen and oxygen atoms in total. The molecule has 0 unspecified atom stereocenters. The van der Waals surface area contributed by atoms with Gasteiger partial charge in [-0.05, 0) is 49.6 Å². The zero-order valence-corrected chi connectivity index (χ0v) is 15.6. The molecule has 5 rings (SSSR count). The van der Waals surface area contributed by atoms with Crippen molar-refractivity contribution < 1.29 is 8.78 Å². The minimum atomic E-state index is -0.714. The van der Waals surface area contributed by atoms with Crippen LogP contribution in [0, 0.1) is 18.6 Å². The smallest absolute Gasteiger partial charge is 0.229 e. The van der Waals surface area contributed by atoms with E-state index in [0.717, 1.165) is 22.7 Å². The number of halogens is 2. The van der Waals surface area contributed by atoms with Crippen molar-refractivity contribution in [3.8, 4) is 0 Å². The molecule has 1 aliphatic rings. The van der Waals surface area contributed by atoms with Gasteiger partial charge < -0.3 is 10.6 Å². The van der Waals surface area contributed by atoms with E-state index in [4.69, 9.17) is 0 Å². The van der Waals surface area contributed by atoms with Crippen molar-refractivity contribution in [3.05, 3.63) is 65.4 Å². The lowest BCUT2D eigenvalue weighted by Crippen LogP contribution is -2.04. The Morgan fingerprint density at radius 1 is 1.00 bits per heavy atom. The van der Waals surface area contributed by atoms with Gasteiger partial charge in [0.05, 0.1) is 11.2 Å². The van der Waals surface area contributed by atoms with Crippen LogP contribution in [0.3, 0.4) is 0 Å². The second-order valence-corrected chi connectivity index (χ2v) is 7.27. The maximum absolute atomic E-state index is 14.1. The summed E-state index contributed by atoms with van der Waals surface area (Å²) >= 11 is 0. The number of benzene rings is 2. The average molecular weight is 392 g/mol. The Morgan fingerprint density at radius 2 is 1.86 bits per heavy atom. The van der Waals surface area contributed by atoms with Crippen LogP contribution in [0.5, 0.6) is 0 Å². The van der Waals surface area contributed by atoms with E-state index in [0.29, 0.717) is 23.1 Å². The lowest BCUT2D eigenvalue weighted by Gasteiger charge is -2.11. The zero-order chi connectivity index (χ0) is 20.0. The molecular formula is C21H18F2N6. The highest BCUT2D eigenvalue weighted by Gasteiger charge is 2.25. The molecule has 0 radical (unpaired) electrons. The van der Waals surface area contributed by atoms with Crippen molar-refractivity contribution in [1.82, 2.24) is 20.2 Å². The summed E-state index contributed by atoms with van der Waals surface area (Å²) in [6.07, 6.45) is 2.35. The van der Waals surface area contributed by atoms with Gasteiger partial charge in [0, 0.05) is 29.1 Å². The van der Waals surface area contributed by atoms with E-state index < -0.39 is 11.6 Å². The molecule has 8 heteroatoms. The summed E-state index contributed by atoms with van der Waals surface area (Å²) in [5.41, 5.74) is 2.94. The molecule has 4 aromatic rings. The highest BCUT2D eigenvalue weighted by molar-refractivity contribution is 5.92. The number of aryl methyl sites for hydroxylation is 1. The average Bonchev–Trinajstić information content (AvgIpc) is 3.43. The standard InChI is InChI=1S/C21H18F2N6/c1-11-2-6-14-18(8-11)25-21(24-16-7-5-13(22)9-15(16)23)27-20(14)26-19-10-17(28-29-19)12-3-4-12/h2,5-10,12H,3-4H2,1H3,(H3,24,25,26,27,28,29). The van der Waals surface area contributed by atoms with Crippen LogP contribution >= 0.6 is 0 Å². The monoisotopic (exact) mass is 392 g/mol. The second kappa shape index (κ2) is 6.80. The summed E-state index contributed by atoms with van der Waals surface area (Å²) in [6, 6.07) is 11.1. The minimum absolute atomic E-state index is 0.0974. The predicted octanol–water partition coefficient (Wildman–Crippen LogP) is 5.30. The summed E-state index contributed by atoms with van der Waals surface area (Å²) in [5, 5.41) is 14.3. The van der Waals surface area contributed by atoms with Gasteiger partial charge in [0.15, 0.2) is 5.82 Å². The van der Waals surface area contributed by atoms with Crippen molar-refractivity contribution in [1.29, 1.82) is 0 Å². The molecule has 0 aliphatic heterocycles. The Morgan fingerprint density at radius 3 is 2.66 bits per heavy atom. The maximum atomic E-state index is 14.1. The van der Waals surface area contributed by atoms with Crippen molar-refractivity contribution in [3.63, 3.8) is 0 Å². The number of hydrogen-bond donors (Lipinski definition) is 3. The van der Waals surface area contributed by atoms with Gasteiger partial charge in [0.2, 0.25) is 5.95 Å². The fourth-order valence-corrected chi connectivity index (χ4v) is 3.23. The largest absolute Gasteiger partial charge is 0.323 e. The fraction of sp³-hybridized carbons (Fsp3) is 0.190. The number of aromatic amines is 1. The number of fused-ring (bicyclic) bond motifs is 1. The van der Waals surface area contributed by atoms with Gasteiger partial charge in [0.1, 0.15) is 17.5 Å². The molecule has 3 N–H and O–H groups in total. The summed E-state index contributed by atoms with van der Waals surface area (Å²) in [5.74, 6) is 0.611. The van der Waals surface area contributed by atoms with E-state index in [9.17, 15) is 8.78 Å². The predicted molar refractivity (Wildman–Crippen MR) is 108 cm³/mol. The number of aromatic nitrogens is 4. The normalized spacial score (nSPS) is 13.6. The molecule has 1 saturated carbocycles. The van der Waals surface area contributed by atoms with E-state index in [1.807, 2.05) is 31.2 Å². The first-order chi connectivity index (χ1) is 14.0. The molecule has 1 fully saturated rings. The molecule has 0 saturated heterocycles. The van der Waals surface area contributed by atoms with Gasteiger partial charge in [-0.2, -0.15) is 10.1 Å². The molecule has 0 atom stereocenters. The highest BCUT2D eigenvalue weighted by Crippen LogP contribution is 2.40. The highest BCUT2D eigenvalue weighted by atomic mass is 19.1. The molecular weight excluding hydrogens is 374 g/mol. The minimum Gasteiger partial charge on any atom is -0.323 e. The van der Waals surface area contributed by atoms with Crippen molar-refractivity contribution in [2.45, 2.75) is 25.7 Å². The van der Waals surface area contributed by atoms with Gasteiger partial charge in [-0.3, -0.25) is 5.10 Å². The summed E-state index contributed by atoms with van der Waals surface area (Å²) in [4.78, 5) is 9.00. The molecule has 29 heavy (non-hydrogen) atoms. The van der Waals surface area contributed by atoms with Gasteiger partial charge in [-0.25, -0.2) is 13.8 Å². The van der Waals surface area contributed by atoms with Crippen LogP contribution in [-0.2, 0) is 0 Å². The number of rotatable bonds is 5. The number of nitrogens with one attached hydrogen (secondary N) is 3. The molecule has 2 heterocycles. The quantitative estimate of drug-likeness (QED) is 0.429. The Balaban J connectivity index is 1.53. The van der Waals surface area contributed by atoms with Crippen LogP contribution in [0.15, 0.2) is 42.5 Å². The van der Waals surface area contributed by atoms with Crippen LogP contribution < -0.4 is 10.6 Å². The molecule has 2 aromatic heterocycles. The number of hydrogen-bond acceptors (Lipinski definition) is 5. The summed E-state index contributed by atoms with van der Waals surface area (Å²) < 4.78 is 27.2. The lowest BCUT2D eigenvalue weighted by atomic mass is 10.1. The fourth-order valence-electron chi connectivity index (χ4n) is 3.23. The van der Waals surface area contributed by atoms with Crippen molar-refractivity contribution in [2.75, 3.05) is 10.6 Å². The van der Waals surface area contributed by atoms with Crippen molar-refractivity contribution in [2.24, 2.45) is 0 Å². The number of nitrogens with zero attached hydrogens (tertiary/aromatic N) is 3. The van der Waals surface area contributed by atoms with Crippen LogP contribution in [0.25, 0.3) is 10.9 Å². The summed E-state index contributed by atoms with van der Waals surface area (Å²) in [7, 11) is 0. The Kier molecular flexibility index (Phi) is 4.12. The molecule has 0 spiro atoms. The summed E-state index contributed by atoms with van der Waals surface area (Å²) in [6.45, 7) is 1.97. The third-order valence-corrected chi connectivity index (χ3v) is 4.89. The van der Waals surface area contributed by atoms with Gasteiger partial charge in [-0.15, -0.1) is 0 Å². The topological polar surface area (TPSA) is 78.5 Å². The first kappa shape index (κ1) is 17.5. The lowest BCUT2D eigenvalue weighted by molar-refractivity contribution is 0.586.